The van der Waals surface area contributed by atoms with E-state index in [1.54, 1.807) is 12.4 Å². The van der Waals surface area contributed by atoms with Gasteiger partial charge in [-0.25, -0.2) is 4.98 Å². The summed E-state index contributed by atoms with van der Waals surface area (Å²) in [6.07, 6.45) is 6.26. The Labute approximate surface area is 109 Å². The number of nitrogens with two attached hydrogens (primary N) is 1. The van der Waals surface area contributed by atoms with E-state index in [0.717, 1.165) is 25.1 Å². The molecule has 1 aromatic rings. The average Bonchev–Trinajstić information content (AvgIpc) is 2.81. The molecule has 0 bridgehead atoms. The van der Waals surface area contributed by atoms with E-state index < -0.39 is 0 Å². The second-order valence-corrected chi connectivity index (χ2v) is 5.01. The van der Waals surface area contributed by atoms with Crippen LogP contribution in [0.5, 0.6) is 0 Å². The number of amides is 1. The van der Waals surface area contributed by atoms with Gasteiger partial charge in [0.05, 0.1) is 6.04 Å². The molecule has 3 atom stereocenters. The standard InChI is InChI=1S/C13H24N4O/c1-9(5-4-6-10(2)14)13(18)17-11(3)12-15-7-8-16-12/h7-11H,4-6,14H2,1-3H3,(H,15,16)(H,17,18). The largest absolute Gasteiger partial charge is 0.347 e. The minimum Gasteiger partial charge on any atom is -0.347 e. The summed E-state index contributed by atoms with van der Waals surface area (Å²) in [5, 5.41) is 2.96. The van der Waals surface area contributed by atoms with E-state index in [2.05, 4.69) is 15.3 Å². The van der Waals surface area contributed by atoms with Gasteiger partial charge in [0.1, 0.15) is 5.82 Å². The Morgan fingerprint density at radius 2 is 2.17 bits per heavy atom. The maximum Gasteiger partial charge on any atom is 0.223 e. The van der Waals surface area contributed by atoms with Crippen molar-refractivity contribution in [3.05, 3.63) is 18.2 Å². The van der Waals surface area contributed by atoms with Crippen molar-refractivity contribution in [2.75, 3.05) is 0 Å². The molecule has 1 heterocycles. The average molecular weight is 252 g/mol. The summed E-state index contributed by atoms with van der Waals surface area (Å²) < 4.78 is 0. The molecule has 5 heteroatoms. The zero-order valence-corrected chi connectivity index (χ0v) is 11.4. The van der Waals surface area contributed by atoms with Gasteiger partial charge < -0.3 is 16.0 Å². The highest BCUT2D eigenvalue weighted by atomic mass is 16.1. The van der Waals surface area contributed by atoms with E-state index >= 15 is 0 Å². The maximum absolute atomic E-state index is 11.9. The third-order valence-corrected chi connectivity index (χ3v) is 3.03. The molecule has 102 valence electrons. The molecule has 3 unspecified atom stereocenters. The number of rotatable bonds is 7. The molecule has 0 fully saturated rings. The van der Waals surface area contributed by atoms with Gasteiger partial charge in [-0.3, -0.25) is 4.79 Å². The summed E-state index contributed by atoms with van der Waals surface area (Å²) in [4.78, 5) is 19.1. The van der Waals surface area contributed by atoms with Crippen molar-refractivity contribution < 1.29 is 4.79 Å². The van der Waals surface area contributed by atoms with Crippen molar-refractivity contribution in [3.63, 3.8) is 0 Å². The van der Waals surface area contributed by atoms with Gasteiger partial charge in [-0.15, -0.1) is 0 Å². The molecular weight excluding hydrogens is 228 g/mol. The Hall–Kier alpha value is -1.36. The van der Waals surface area contributed by atoms with Crippen molar-refractivity contribution in [1.82, 2.24) is 15.3 Å². The lowest BCUT2D eigenvalue weighted by Gasteiger charge is -2.16. The second kappa shape index (κ2) is 7.16. The van der Waals surface area contributed by atoms with E-state index in [9.17, 15) is 4.79 Å². The monoisotopic (exact) mass is 252 g/mol. The number of H-pyrrole nitrogens is 1. The highest BCUT2D eigenvalue weighted by molar-refractivity contribution is 5.78. The van der Waals surface area contributed by atoms with Gasteiger partial charge in [0.15, 0.2) is 0 Å². The van der Waals surface area contributed by atoms with Crippen LogP contribution in [0, 0.1) is 5.92 Å². The van der Waals surface area contributed by atoms with Crippen molar-refractivity contribution in [3.8, 4) is 0 Å². The lowest BCUT2D eigenvalue weighted by atomic mass is 10.0. The Bertz CT molecular complexity index is 348. The molecule has 1 rings (SSSR count). The van der Waals surface area contributed by atoms with Crippen LogP contribution in [0.3, 0.4) is 0 Å². The van der Waals surface area contributed by atoms with Crippen LogP contribution in [0.4, 0.5) is 0 Å². The van der Waals surface area contributed by atoms with Crippen molar-refractivity contribution in [2.45, 2.75) is 52.1 Å². The third kappa shape index (κ3) is 4.87. The molecule has 0 spiro atoms. The van der Waals surface area contributed by atoms with Gasteiger partial charge >= 0.3 is 0 Å². The summed E-state index contributed by atoms with van der Waals surface area (Å²) in [5.41, 5.74) is 5.69. The van der Waals surface area contributed by atoms with E-state index in [1.807, 2.05) is 20.8 Å². The summed E-state index contributed by atoms with van der Waals surface area (Å²) in [7, 11) is 0. The molecule has 18 heavy (non-hydrogen) atoms. The van der Waals surface area contributed by atoms with Gasteiger partial charge in [-0.1, -0.05) is 13.3 Å². The molecular formula is C13H24N4O. The molecule has 0 aliphatic carbocycles. The SMILES string of the molecule is CC(N)CCCC(C)C(=O)NC(C)c1ncc[nH]1. The molecule has 1 aromatic heterocycles. The number of aromatic nitrogens is 2. The van der Waals surface area contributed by atoms with E-state index in [-0.39, 0.29) is 23.9 Å². The quantitative estimate of drug-likeness (QED) is 0.691. The van der Waals surface area contributed by atoms with Crippen LogP contribution in [0.2, 0.25) is 0 Å². The first-order valence-electron chi connectivity index (χ1n) is 6.56. The summed E-state index contributed by atoms with van der Waals surface area (Å²) in [6.45, 7) is 5.86. The van der Waals surface area contributed by atoms with Gasteiger partial charge in [-0.05, 0) is 26.7 Å². The molecule has 0 aliphatic heterocycles. The van der Waals surface area contributed by atoms with Crippen LogP contribution in [0.25, 0.3) is 0 Å². The topological polar surface area (TPSA) is 83.8 Å². The first-order chi connectivity index (χ1) is 8.50. The number of hydrogen-bond acceptors (Lipinski definition) is 3. The minimum absolute atomic E-state index is 0.0150. The van der Waals surface area contributed by atoms with Crippen LogP contribution in [-0.2, 0) is 4.79 Å². The number of nitrogens with zero attached hydrogens (tertiary/aromatic N) is 1. The van der Waals surface area contributed by atoms with Crippen LogP contribution in [0.15, 0.2) is 12.4 Å². The third-order valence-electron chi connectivity index (χ3n) is 3.03. The summed E-state index contributed by atoms with van der Waals surface area (Å²) >= 11 is 0. The van der Waals surface area contributed by atoms with Crippen LogP contribution in [0.1, 0.15) is 51.9 Å². The van der Waals surface area contributed by atoms with E-state index in [4.69, 9.17) is 5.73 Å². The Balaban J connectivity index is 2.31. The zero-order valence-electron chi connectivity index (χ0n) is 11.4. The molecule has 0 saturated carbocycles. The van der Waals surface area contributed by atoms with E-state index in [0.29, 0.717) is 0 Å². The fraction of sp³-hybridized carbons (Fsp3) is 0.692. The van der Waals surface area contributed by atoms with Gasteiger partial charge in [0, 0.05) is 24.4 Å². The predicted molar refractivity (Wildman–Crippen MR) is 71.8 cm³/mol. The van der Waals surface area contributed by atoms with Crippen LogP contribution < -0.4 is 11.1 Å². The van der Waals surface area contributed by atoms with Gasteiger partial charge in [0.2, 0.25) is 5.91 Å². The molecule has 1 amide bonds. The number of imidazole rings is 1. The number of nitrogens with one attached hydrogen (secondary N) is 2. The molecule has 5 nitrogen and oxygen atoms in total. The Morgan fingerprint density at radius 1 is 1.44 bits per heavy atom. The van der Waals surface area contributed by atoms with Crippen LogP contribution >= 0.6 is 0 Å². The highest BCUT2D eigenvalue weighted by Crippen LogP contribution is 2.12. The van der Waals surface area contributed by atoms with Crippen LogP contribution in [-0.4, -0.2) is 21.9 Å². The van der Waals surface area contributed by atoms with Gasteiger partial charge in [0.25, 0.3) is 0 Å². The lowest BCUT2D eigenvalue weighted by Crippen LogP contribution is -2.32. The normalized spacial score (nSPS) is 16.0. The fourth-order valence-electron chi connectivity index (χ4n) is 1.82. The number of carbonyl (C=O) groups excluding carboxylic acids is 1. The van der Waals surface area contributed by atoms with Gasteiger partial charge in [-0.2, -0.15) is 0 Å². The molecule has 0 saturated heterocycles. The maximum atomic E-state index is 11.9. The smallest absolute Gasteiger partial charge is 0.223 e. The minimum atomic E-state index is -0.0802. The molecule has 0 aliphatic rings. The second-order valence-electron chi connectivity index (χ2n) is 5.01. The van der Waals surface area contributed by atoms with Crippen molar-refractivity contribution in [1.29, 1.82) is 0 Å². The molecule has 0 radical (unpaired) electrons. The highest BCUT2D eigenvalue weighted by Gasteiger charge is 2.16. The summed E-state index contributed by atoms with van der Waals surface area (Å²) in [5.74, 6) is 0.871. The Morgan fingerprint density at radius 3 is 2.72 bits per heavy atom. The molecule has 0 aromatic carbocycles. The predicted octanol–water partition coefficient (Wildman–Crippen LogP) is 1.74. The first kappa shape index (κ1) is 14.7. The molecule has 4 N–H and O–H groups in total. The lowest BCUT2D eigenvalue weighted by molar-refractivity contribution is -0.125. The number of hydrogen-bond donors (Lipinski definition) is 3. The Kier molecular flexibility index (Phi) is 5.85. The van der Waals surface area contributed by atoms with Crippen molar-refractivity contribution in [2.24, 2.45) is 11.7 Å². The zero-order chi connectivity index (χ0) is 13.5. The van der Waals surface area contributed by atoms with Crippen molar-refractivity contribution >= 4 is 5.91 Å². The fourth-order valence-corrected chi connectivity index (χ4v) is 1.82. The number of carbonyl (C=O) groups is 1. The summed E-state index contributed by atoms with van der Waals surface area (Å²) in [6, 6.07) is 0.130. The first-order valence-corrected chi connectivity index (χ1v) is 6.56. The number of aromatic amines is 1. The van der Waals surface area contributed by atoms with E-state index in [1.165, 1.54) is 0 Å².